The first-order valence-electron chi connectivity index (χ1n) is 5.24. The average molecular weight is 205 g/mol. The summed E-state index contributed by atoms with van der Waals surface area (Å²) in [5, 5.41) is 2.88. The second kappa shape index (κ2) is 4.94. The summed E-state index contributed by atoms with van der Waals surface area (Å²) in [6, 6.07) is 10.1. The minimum atomic E-state index is 0.0891. The minimum Gasteiger partial charge on any atom is -0.381 e. The monoisotopic (exact) mass is 205 g/mol. The van der Waals surface area contributed by atoms with Crippen LogP contribution in [0.25, 0.3) is 0 Å². The smallest absolute Gasteiger partial charge is 0.207 e. The quantitative estimate of drug-likeness (QED) is 0.757. The molecule has 2 rings (SSSR count). The fourth-order valence-corrected chi connectivity index (χ4v) is 2.05. The summed E-state index contributed by atoms with van der Waals surface area (Å²) in [4.78, 5) is 10.6. The molecule has 1 aliphatic rings. The number of rotatable bonds is 4. The van der Waals surface area contributed by atoms with E-state index in [-0.39, 0.29) is 6.04 Å². The molecule has 0 radical (unpaired) electrons. The molecule has 0 bridgehead atoms. The van der Waals surface area contributed by atoms with Crippen molar-refractivity contribution in [1.82, 2.24) is 5.32 Å². The zero-order chi connectivity index (χ0) is 10.5. The van der Waals surface area contributed by atoms with Gasteiger partial charge in [0.25, 0.3) is 0 Å². The molecule has 3 nitrogen and oxygen atoms in total. The molecular formula is C12H15NO2. The van der Waals surface area contributed by atoms with E-state index in [9.17, 15) is 4.79 Å². The Morgan fingerprint density at radius 1 is 1.40 bits per heavy atom. The van der Waals surface area contributed by atoms with Crippen molar-refractivity contribution >= 4 is 6.41 Å². The Bertz CT molecular complexity index is 307. The van der Waals surface area contributed by atoms with Gasteiger partial charge in [0.05, 0.1) is 12.6 Å². The lowest BCUT2D eigenvalue weighted by atomic mass is 9.92. The van der Waals surface area contributed by atoms with E-state index in [0.29, 0.717) is 5.92 Å². The van der Waals surface area contributed by atoms with Gasteiger partial charge in [-0.2, -0.15) is 0 Å². The maximum absolute atomic E-state index is 10.6. The van der Waals surface area contributed by atoms with E-state index in [1.54, 1.807) is 0 Å². The van der Waals surface area contributed by atoms with E-state index in [4.69, 9.17) is 4.74 Å². The normalized spacial score (nSPS) is 22.3. The van der Waals surface area contributed by atoms with Gasteiger partial charge in [-0.15, -0.1) is 0 Å². The van der Waals surface area contributed by atoms with E-state index in [1.165, 1.54) is 0 Å². The van der Waals surface area contributed by atoms with E-state index >= 15 is 0 Å². The molecule has 1 aromatic rings. The van der Waals surface area contributed by atoms with Crippen LogP contribution in [0.1, 0.15) is 18.0 Å². The first kappa shape index (κ1) is 10.2. The van der Waals surface area contributed by atoms with Crippen molar-refractivity contribution in [3.05, 3.63) is 35.9 Å². The van der Waals surface area contributed by atoms with Crippen molar-refractivity contribution < 1.29 is 9.53 Å². The number of carbonyl (C=O) groups excluding carboxylic acids is 1. The highest BCUT2D eigenvalue weighted by Gasteiger charge is 2.26. The predicted octanol–water partition coefficient (Wildman–Crippen LogP) is 1.51. The molecule has 1 heterocycles. The van der Waals surface area contributed by atoms with Crippen molar-refractivity contribution in [3.8, 4) is 0 Å². The van der Waals surface area contributed by atoms with Crippen LogP contribution in [-0.4, -0.2) is 19.6 Å². The first-order chi connectivity index (χ1) is 7.42. The third kappa shape index (κ3) is 2.36. The summed E-state index contributed by atoms with van der Waals surface area (Å²) < 4.78 is 5.35. The first-order valence-corrected chi connectivity index (χ1v) is 5.24. The second-order valence-electron chi connectivity index (χ2n) is 3.80. The summed E-state index contributed by atoms with van der Waals surface area (Å²) >= 11 is 0. The highest BCUT2D eigenvalue weighted by Crippen LogP contribution is 2.28. The molecule has 0 saturated carbocycles. The van der Waals surface area contributed by atoms with Gasteiger partial charge in [-0.1, -0.05) is 30.3 Å². The van der Waals surface area contributed by atoms with E-state index < -0.39 is 0 Å². The Balaban J connectivity index is 2.15. The lowest BCUT2D eigenvalue weighted by Crippen LogP contribution is -2.27. The largest absolute Gasteiger partial charge is 0.381 e. The summed E-state index contributed by atoms with van der Waals surface area (Å²) in [7, 11) is 0. The molecule has 2 atom stereocenters. The minimum absolute atomic E-state index is 0.0891. The zero-order valence-electron chi connectivity index (χ0n) is 8.56. The topological polar surface area (TPSA) is 38.3 Å². The predicted molar refractivity (Wildman–Crippen MR) is 57.3 cm³/mol. The van der Waals surface area contributed by atoms with Crippen LogP contribution in [0.2, 0.25) is 0 Å². The van der Waals surface area contributed by atoms with Gasteiger partial charge in [0.1, 0.15) is 0 Å². The molecule has 1 amide bonds. The lowest BCUT2D eigenvalue weighted by molar-refractivity contribution is -0.110. The molecule has 1 saturated heterocycles. The number of amides is 1. The third-order valence-corrected chi connectivity index (χ3v) is 2.84. The van der Waals surface area contributed by atoms with Gasteiger partial charge >= 0.3 is 0 Å². The van der Waals surface area contributed by atoms with Crippen LogP contribution in [0.4, 0.5) is 0 Å². The van der Waals surface area contributed by atoms with E-state index in [2.05, 4.69) is 5.32 Å². The molecule has 0 spiro atoms. The average Bonchev–Trinajstić information content (AvgIpc) is 2.80. The summed E-state index contributed by atoms with van der Waals surface area (Å²) in [5.41, 5.74) is 1.15. The SMILES string of the molecule is O=CNC(c1ccccc1)C1CCOC1. The molecule has 1 aliphatic heterocycles. The number of hydrogen-bond acceptors (Lipinski definition) is 2. The Hall–Kier alpha value is -1.35. The van der Waals surface area contributed by atoms with Crippen molar-refractivity contribution in [2.45, 2.75) is 12.5 Å². The van der Waals surface area contributed by atoms with Crippen LogP contribution in [0.5, 0.6) is 0 Å². The van der Waals surface area contributed by atoms with Gasteiger partial charge in [-0.25, -0.2) is 0 Å². The lowest BCUT2D eigenvalue weighted by Gasteiger charge is -2.21. The highest BCUT2D eigenvalue weighted by molar-refractivity contribution is 5.48. The third-order valence-electron chi connectivity index (χ3n) is 2.84. The second-order valence-corrected chi connectivity index (χ2v) is 3.80. The molecule has 80 valence electrons. The molecular weight excluding hydrogens is 190 g/mol. The molecule has 0 aliphatic carbocycles. The van der Waals surface area contributed by atoms with Gasteiger partial charge in [0, 0.05) is 12.5 Å². The molecule has 0 aromatic heterocycles. The highest BCUT2D eigenvalue weighted by atomic mass is 16.5. The van der Waals surface area contributed by atoms with Gasteiger partial charge in [-0.3, -0.25) is 4.79 Å². The summed E-state index contributed by atoms with van der Waals surface area (Å²) in [6.45, 7) is 1.54. The van der Waals surface area contributed by atoms with Crippen LogP contribution < -0.4 is 5.32 Å². The van der Waals surface area contributed by atoms with Gasteiger partial charge in [0.15, 0.2) is 0 Å². The van der Waals surface area contributed by atoms with Gasteiger partial charge in [0.2, 0.25) is 6.41 Å². The Kier molecular flexibility index (Phi) is 3.35. The van der Waals surface area contributed by atoms with Crippen molar-refractivity contribution in [1.29, 1.82) is 0 Å². The molecule has 3 heteroatoms. The number of hydrogen-bond donors (Lipinski definition) is 1. The van der Waals surface area contributed by atoms with E-state index in [1.807, 2.05) is 30.3 Å². The number of carbonyl (C=O) groups is 1. The molecule has 1 N–H and O–H groups in total. The fourth-order valence-electron chi connectivity index (χ4n) is 2.05. The van der Waals surface area contributed by atoms with Crippen molar-refractivity contribution in [2.75, 3.05) is 13.2 Å². The van der Waals surface area contributed by atoms with Crippen LogP contribution >= 0.6 is 0 Å². The molecule has 15 heavy (non-hydrogen) atoms. The maximum Gasteiger partial charge on any atom is 0.207 e. The van der Waals surface area contributed by atoms with Crippen LogP contribution in [0, 0.1) is 5.92 Å². The number of benzene rings is 1. The Morgan fingerprint density at radius 2 is 2.20 bits per heavy atom. The van der Waals surface area contributed by atoms with E-state index in [0.717, 1.165) is 31.6 Å². The molecule has 2 unspecified atom stereocenters. The van der Waals surface area contributed by atoms with Crippen LogP contribution in [0.3, 0.4) is 0 Å². The summed E-state index contributed by atoms with van der Waals surface area (Å²) in [6.07, 6.45) is 1.79. The van der Waals surface area contributed by atoms with Crippen molar-refractivity contribution in [3.63, 3.8) is 0 Å². The summed E-state index contributed by atoms with van der Waals surface area (Å²) in [5.74, 6) is 0.401. The Morgan fingerprint density at radius 3 is 2.80 bits per heavy atom. The number of nitrogens with one attached hydrogen (secondary N) is 1. The van der Waals surface area contributed by atoms with Crippen LogP contribution in [-0.2, 0) is 9.53 Å². The molecule has 1 aromatic carbocycles. The Labute approximate surface area is 89.4 Å². The standard InChI is InChI=1S/C12H15NO2/c14-9-13-12(11-6-7-15-8-11)10-4-2-1-3-5-10/h1-5,9,11-12H,6-8H2,(H,13,14). The maximum atomic E-state index is 10.6. The van der Waals surface area contributed by atoms with Gasteiger partial charge < -0.3 is 10.1 Å². The molecule has 1 fully saturated rings. The van der Waals surface area contributed by atoms with Crippen LogP contribution in [0.15, 0.2) is 30.3 Å². The van der Waals surface area contributed by atoms with Gasteiger partial charge in [-0.05, 0) is 12.0 Å². The number of ether oxygens (including phenoxy) is 1. The van der Waals surface area contributed by atoms with Crippen molar-refractivity contribution in [2.24, 2.45) is 5.92 Å². The fraction of sp³-hybridized carbons (Fsp3) is 0.417. The zero-order valence-corrected chi connectivity index (χ0v) is 8.56.